The number of aromatic carboxylic acids is 1. The Bertz CT molecular complexity index is 541. The summed E-state index contributed by atoms with van der Waals surface area (Å²) in [5.74, 6) is -2.50. The molecule has 0 bridgehead atoms. The average Bonchev–Trinajstić information content (AvgIpc) is 2.41. The summed E-state index contributed by atoms with van der Waals surface area (Å²) in [5.41, 5.74) is 4.62. The number of anilines is 1. The molecule has 1 aromatic rings. The minimum absolute atomic E-state index is 0.0280. The molecule has 0 aromatic heterocycles. The van der Waals surface area contributed by atoms with E-state index in [1.54, 1.807) is 0 Å². The zero-order valence-corrected chi connectivity index (χ0v) is 10.7. The molecule has 20 heavy (non-hydrogen) atoms. The summed E-state index contributed by atoms with van der Waals surface area (Å²) >= 11 is 0. The van der Waals surface area contributed by atoms with Crippen LogP contribution in [0.1, 0.15) is 23.2 Å². The van der Waals surface area contributed by atoms with Crippen molar-refractivity contribution in [2.24, 2.45) is 5.73 Å². The molecule has 0 saturated carbocycles. The Labute approximate surface area is 114 Å². The quantitative estimate of drug-likeness (QED) is 0.766. The van der Waals surface area contributed by atoms with Crippen LogP contribution in [-0.4, -0.2) is 35.7 Å². The number of nitrogens with one attached hydrogen (secondary N) is 1. The van der Waals surface area contributed by atoms with E-state index in [-0.39, 0.29) is 11.3 Å². The zero-order valence-electron chi connectivity index (χ0n) is 10.7. The van der Waals surface area contributed by atoms with Gasteiger partial charge in [-0.05, 0) is 31.0 Å². The topological polar surface area (TPSA) is 102 Å². The Hall–Kier alpha value is -1.99. The Balaban J connectivity index is 2.21. The fourth-order valence-corrected chi connectivity index (χ4v) is 2.01. The van der Waals surface area contributed by atoms with Crippen molar-refractivity contribution in [1.82, 2.24) is 0 Å². The maximum Gasteiger partial charge on any atom is 0.337 e. The first-order valence-corrected chi connectivity index (χ1v) is 6.13. The first kappa shape index (κ1) is 14.4. The molecule has 1 aliphatic rings. The molecule has 1 heterocycles. The zero-order chi connectivity index (χ0) is 14.8. The molecule has 1 aliphatic heterocycles. The predicted molar refractivity (Wildman–Crippen MR) is 69.0 cm³/mol. The van der Waals surface area contributed by atoms with E-state index in [2.05, 4.69) is 5.32 Å². The van der Waals surface area contributed by atoms with Crippen LogP contribution in [0.2, 0.25) is 0 Å². The Morgan fingerprint density at radius 1 is 1.35 bits per heavy atom. The molecule has 0 unspecified atom stereocenters. The van der Waals surface area contributed by atoms with Gasteiger partial charge in [-0.25, -0.2) is 9.18 Å². The van der Waals surface area contributed by atoms with Gasteiger partial charge < -0.3 is 20.9 Å². The monoisotopic (exact) mass is 282 g/mol. The highest BCUT2D eigenvalue weighted by Crippen LogP contribution is 2.22. The number of rotatable bonds is 3. The molecule has 1 amide bonds. The van der Waals surface area contributed by atoms with Crippen LogP contribution in [0.4, 0.5) is 10.1 Å². The number of nitrogens with two attached hydrogens (primary N) is 1. The molecule has 2 rings (SSSR count). The highest BCUT2D eigenvalue weighted by molar-refractivity contribution is 6.03. The van der Waals surface area contributed by atoms with Gasteiger partial charge in [0, 0.05) is 13.2 Å². The van der Waals surface area contributed by atoms with Crippen molar-refractivity contribution in [1.29, 1.82) is 0 Å². The van der Waals surface area contributed by atoms with Crippen molar-refractivity contribution >= 4 is 17.6 Å². The van der Waals surface area contributed by atoms with Crippen LogP contribution in [0.3, 0.4) is 0 Å². The molecule has 0 radical (unpaired) electrons. The van der Waals surface area contributed by atoms with Gasteiger partial charge in [0.15, 0.2) is 0 Å². The average molecular weight is 282 g/mol. The minimum atomic E-state index is -1.32. The fourth-order valence-electron chi connectivity index (χ4n) is 2.01. The molecule has 1 fully saturated rings. The summed E-state index contributed by atoms with van der Waals surface area (Å²) in [4.78, 5) is 23.2. The normalized spacial score (nSPS) is 17.5. The molecule has 0 spiro atoms. The lowest BCUT2D eigenvalue weighted by molar-refractivity contribution is -0.124. The highest BCUT2D eigenvalue weighted by atomic mass is 19.1. The van der Waals surface area contributed by atoms with E-state index in [1.807, 2.05) is 0 Å². The standard InChI is InChI=1S/C13H15FN2O4/c14-8-1-2-10(9(7-8)11(17)18)16-12(19)13(15)3-5-20-6-4-13/h1-2,7H,3-6,15H2,(H,16,19)(H,17,18). The lowest BCUT2D eigenvalue weighted by Gasteiger charge is -2.31. The summed E-state index contributed by atoms with van der Waals surface area (Å²) < 4.78 is 18.2. The number of hydrogen-bond acceptors (Lipinski definition) is 4. The number of halogens is 1. The van der Waals surface area contributed by atoms with Crippen molar-refractivity contribution in [3.05, 3.63) is 29.6 Å². The van der Waals surface area contributed by atoms with Gasteiger partial charge in [-0.2, -0.15) is 0 Å². The van der Waals surface area contributed by atoms with Crippen molar-refractivity contribution in [3.8, 4) is 0 Å². The third kappa shape index (κ3) is 2.94. The van der Waals surface area contributed by atoms with E-state index in [4.69, 9.17) is 15.6 Å². The van der Waals surface area contributed by atoms with Crippen LogP contribution in [0.15, 0.2) is 18.2 Å². The van der Waals surface area contributed by atoms with Gasteiger partial charge in [0.2, 0.25) is 5.91 Å². The van der Waals surface area contributed by atoms with Gasteiger partial charge in [0.05, 0.1) is 11.3 Å². The number of benzene rings is 1. The smallest absolute Gasteiger partial charge is 0.337 e. The summed E-state index contributed by atoms with van der Waals surface area (Å²) in [6.07, 6.45) is 0.699. The van der Waals surface area contributed by atoms with E-state index in [0.29, 0.717) is 26.1 Å². The highest BCUT2D eigenvalue weighted by Gasteiger charge is 2.36. The van der Waals surface area contributed by atoms with Crippen LogP contribution in [0, 0.1) is 5.82 Å². The van der Waals surface area contributed by atoms with E-state index < -0.39 is 23.2 Å². The maximum absolute atomic E-state index is 13.1. The fraction of sp³-hybridized carbons (Fsp3) is 0.385. The first-order chi connectivity index (χ1) is 9.42. The molecular weight excluding hydrogens is 267 g/mol. The van der Waals surface area contributed by atoms with Crippen LogP contribution >= 0.6 is 0 Å². The van der Waals surface area contributed by atoms with Crippen LogP contribution in [0.25, 0.3) is 0 Å². The summed E-state index contributed by atoms with van der Waals surface area (Å²) in [6.45, 7) is 0.748. The van der Waals surface area contributed by atoms with Gasteiger partial charge in [-0.15, -0.1) is 0 Å². The second-order valence-corrected chi connectivity index (χ2v) is 4.72. The van der Waals surface area contributed by atoms with Crippen molar-refractivity contribution in [2.45, 2.75) is 18.4 Å². The lowest BCUT2D eigenvalue weighted by atomic mass is 9.90. The SMILES string of the molecule is NC1(C(=O)Nc2ccc(F)cc2C(=O)O)CCOCC1. The largest absolute Gasteiger partial charge is 0.478 e. The summed E-state index contributed by atoms with van der Waals surface area (Å²) in [7, 11) is 0. The summed E-state index contributed by atoms with van der Waals surface area (Å²) in [5, 5.41) is 11.5. The number of carboxylic acid groups (broad SMARTS) is 1. The minimum Gasteiger partial charge on any atom is -0.478 e. The van der Waals surface area contributed by atoms with Gasteiger partial charge >= 0.3 is 5.97 Å². The number of carbonyl (C=O) groups is 2. The molecule has 1 aromatic carbocycles. The third-order valence-corrected chi connectivity index (χ3v) is 3.30. The Morgan fingerprint density at radius 2 is 2.00 bits per heavy atom. The van der Waals surface area contributed by atoms with E-state index in [0.717, 1.165) is 12.1 Å². The second kappa shape index (κ2) is 5.56. The summed E-state index contributed by atoms with van der Waals surface area (Å²) in [6, 6.07) is 3.14. The number of carbonyl (C=O) groups excluding carboxylic acids is 1. The predicted octanol–water partition coefficient (Wildman–Crippen LogP) is 0.970. The molecule has 1 saturated heterocycles. The number of carboxylic acids is 1. The number of amides is 1. The molecular formula is C13H15FN2O4. The maximum atomic E-state index is 13.1. The van der Waals surface area contributed by atoms with Crippen LogP contribution < -0.4 is 11.1 Å². The molecule has 108 valence electrons. The molecule has 6 nitrogen and oxygen atoms in total. The van der Waals surface area contributed by atoms with Crippen molar-refractivity contribution in [2.75, 3.05) is 18.5 Å². The van der Waals surface area contributed by atoms with E-state index >= 15 is 0 Å². The van der Waals surface area contributed by atoms with E-state index in [9.17, 15) is 14.0 Å². The molecule has 4 N–H and O–H groups in total. The lowest BCUT2D eigenvalue weighted by Crippen LogP contribution is -2.54. The number of ether oxygens (including phenoxy) is 1. The Kier molecular flexibility index (Phi) is 4.01. The van der Waals surface area contributed by atoms with Gasteiger partial charge in [-0.3, -0.25) is 4.79 Å². The first-order valence-electron chi connectivity index (χ1n) is 6.13. The molecule has 0 aliphatic carbocycles. The van der Waals surface area contributed by atoms with Gasteiger partial charge in [-0.1, -0.05) is 0 Å². The van der Waals surface area contributed by atoms with Crippen molar-refractivity contribution in [3.63, 3.8) is 0 Å². The Morgan fingerprint density at radius 3 is 2.60 bits per heavy atom. The molecule has 0 atom stereocenters. The number of hydrogen-bond donors (Lipinski definition) is 3. The second-order valence-electron chi connectivity index (χ2n) is 4.72. The van der Waals surface area contributed by atoms with Gasteiger partial charge in [0.1, 0.15) is 11.4 Å². The van der Waals surface area contributed by atoms with E-state index in [1.165, 1.54) is 6.07 Å². The van der Waals surface area contributed by atoms with Crippen molar-refractivity contribution < 1.29 is 23.8 Å². The van der Waals surface area contributed by atoms with Crippen LogP contribution in [0.5, 0.6) is 0 Å². The molecule has 7 heteroatoms. The third-order valence-electron chi connectivity index (χ3n) is 3.30. The van der Waals surface area contributed by atoms with Gasteiger partial charge in [0.25, 0.3) is 0 Å². The van der Waals surface area contributed by atoms with Crippen LogP contribution in [-0.2, 0) is 9.53 Å².